The number of aryl methyl sites for hydroxylation is 1. The summed E-state index contributed by atoms with van der Waals surface area (Å²) in [5.41, 5.74) is -1.55. The summed E-state index contributed by atoms with van der Waals surface area (Å²) >= 11 is 0. The average molecular weight is 346 g/mol. The lowest BCUT2D eigenvalue weighted by Crippen LogP contribution is -2.14. The van der Waals surface area contributed by atoms with Gasteiger partial charge in [-0.25, -0.2) is 0 Å². The highest BCUT2D eigenvalue weighted by molar-refractivity contribution is 6.06. The molecule has 0 aliphatic carbocycles. The van der Waals surface area contributed by atoms with E-state index in [1.165, 1.54) is 18.2 Å². The molecule has 0 aliphatic rings. The number of non-ortho nitro benzene ring substituents is 2. The van der Waals surface area contributed by atoms with Gasteiger partial charge < -0.3 is 5.32 Å². The van der Waals surface area contributed by atoms with E-state index in [0.717, 1.165) is 12.1 Å². The van der Waals surface area contributed by atoms with Crippen molar-refractivity contribution in [1.29, 1.82) is 0 Å². The van der Waals surface area contributed by atoms with Crippen LogP contribution in [-0.2, 0) is 0 Å². The van der Waals surface area contributed by atoms with Gasteiger partial charge in [0, 0.05) is 18.2 Å². The Morgan fingerprint density at radius 2 is 1.44 bits per heavy atom. The minimum absolute atomic E-state index is 0.130. The highest BCUT2D eigenvalue weighted by atomic mass is 16.6. The van der Waals surface area contributed by atoms with Crippen LogP contribution in [0.2, 0.25) is 0 Å². The van der Waals surface area contributed by atoms with E-state index >= 15 is 0 Å². The highest BCUT2D eigenvalue weighted by Crippen LogP contribution is 2.27. The van der Waals surface area contributed by atoms with Crippen LogP contribution in [0.1, 0.15) is 15.9 Å². The van der Waals surface area contributed by atoms with Crippen LogP contribution in [0, 0.1) is 37.3 Å². The molecule has 2 aromatic carbocycles. The number of nitro groups is 3. The molecule has 0 spiro atoms. The summed E-state index contributed by atoms with van der Waals surface area (Å²) in [5, 5.41) is 35.0. The zero-order valence-electron chi connectivity index (χ0n) is 12.7. The summed E-state index contributed by atoms with van der Waals surface area (Å²) in [6, 6.07) is 6.48. The third-order valence-corrected chi connectivity index (χ3v) is 3.18. The highest BCUT2D eigenvalue weighted by Gasteiger charge is 2.22. The lowest BCUT2D eigenvalue weighted by atomic mass is 10.1. The van der Waals surface area contributed by atoms with Crippen molar-refractivity contribution in [3.8, 4) is 0 Å². The molecular formula is C14H10N4O7. The molecule has 2 rings (SSSR count). The quantitative estimate of drug-likeness (QED) is 0.643. The van der Waals surface area contributed by atoms with E-state index in [-0.39, 0.29) is 16.9 Å². The first-order valence-corrected chi connectivity index (χ1v) is 6.69. The number of carbonyl (C=O) groups excluding carboxylic acids is 1. The van der Waals surface area contributed by atoms with E-state index < -0.39 is 32.1 Å². The smallest absolute Gasteiger partial charge is 0.293 e. The van der Waals surface area contributed by atoms with E-state index in [4.69, 9.17) is 0 Å². The Bertz CT molecular complexity index is 878. The fourth-order valence-electron chi connectivity index (χ4n) is 2.03. The summed E-state index contributed by atoms with van der Waals surface area (Å²) in [6.45, 7) is 1.63. The van der Waals surface area contributed by atoms with Crippen molar-refractivity contribution in [2.24, 2.45) is 0 Å². The molecule has 2 aromatic rings. The van der Waals surface area contributed by atoms with Gasteiger partial charge in [0.1, 0.15) is 5.69 Å². The number of hydrogen-bond acceptors (Lipinski definition) is 7. The maximum Gasteiger partial charge on any atom is 0.293 e. The second-order valence-electron chi connectivity index (χ2n) is 4.98. The first-order chi connectivity index (χ1) is 11.7. The largest absolute Gasteiger partial charge is 0.316 e. The summed E-state index contributed by atoms with van der Waals surface area (Å²) < 4.78 is 0. The Morgan fingerprint density at radius 3 is 1.92 bits per heavy atom. The molecule has 0 saturated carbocycles. The van der Waals surface area contributed by atoms with Gasteiger partial charge in [-0.1, -0.05) is 6.07 Å². The SMILES string of the molecule is Cc1ccc(NC(=O)c2cc([N+](=O)[O-])cc([N+](=O)[O-])c2)c([N+](=O)[O-])c1. The molecular weight excluding hydrogens is 336 g/mol. The minimum Gasteiger partial charge on any atom is -0.316 e. The third-order valence-electron chi connectivity index (χ3n) is 3.18. The predicted octanol–water partition coefficient (Wildman–Crippen LogP) is 2.97. The normalized spacial score (nSPS) is 10.1. The molecule has 1 N–H and O–H groups in total. The molecule has 128 valence electrons. The number of amides is 1. The zero-order chi connectivity index (χ0) is 18.7. The molecule has 0 bridgehead atoms. The van der Waals surface area contributed by atoms with E-state index in [0.29, 0.717) is 11.6 Å². The zero-order valence-corrected chi connectivity index (χ0v) is 12.7. The van der Waals surface area contributed by atoms with Crippen LogP contribution >= 0.6 is 0 Å². The average Bonchev–Trinajstić information content (AvgIpc) is 2.55. The molecule has 0 heterocycles. The summed E-state index contributed by atoms with van der Waals surface area (Å²) in [5.74, 6) is -0.946. The number of anilines is 1. The van der Waals surface area contributed by atoms with Gasteiger partial charge >= 0.3 is 0 Å². The van der Waals surface area contributed by atoms with Crippen LogP contribution in [0.25, 0.3) is 0 Å². The Balaban J connectivity index is 2.44. The first kappa shape index (κ1) is 17.5. The molecule has 0 atom stereocenters. The van der Waals surface area contributed by atoms with Gasteiger partial charge in [0.2, 0.25) is 0 Å². The molecule has 1 amide bonds. The monoisotopic (exact) mass is 346 g/mol. The van der Waals surface area contributed by atoms with E-state index in [1.807, 2.05) is 0 Å². The number of carbonyl (C=O) groups is 1. The third kappa shape index (κ3) is 3.90. The maximum absolute atomic E-state index is 12.2. The number of nitro benzene ring substituents is 3. The Hall–Kier alpha value is -3.89. The van der Waals surface area contributed by atoms with E-state index in [9.17, 15) is 35.1 Å². The molecule has 0 unspecified atom stereocenters. The van der Waals surface area contributed by atoms with Crippen molar-refractivity contribution in [1.82, 2.24) is 0 Å². The van der Waals surface area contributed by atoms with Crippen molar-refractivity contribution < 1.29 is 19.6 Å². The van der Waals surface area contributed by atoms with Crippen LogP contribution in [0.4, 0.5) is 22.7 Å². The van der Waals surface area contributed by atoms with E-state index in [1.54, 1.807) is 6.92 Å². The van der Waals surface area contributed by atoms with Crippen molar-refractivity contribution in [3.05, 3.63) is 77.9 Å². The molecule has 0 fully saturated rings. The van der Waals surface area contributed by atoms with Gasteiger partial charge in [0.15, 0.2) is 0 Å². The van der Waals surface area contributed by atoms with Gasteiger partial charge in [-0.2, -0.15) is 0 Å². The number of hydrogen-bond donors (Lipinski definition) is 1. The topological polar surface area (TPSA) is 159 Å². The number of nitrogens with zero attached hydrogens (tertiary/aromatic N) is 3. The Labute approximate surface area is 139 Å². The number of nitrogens with one attached hydrogen (secondary N) is 1. The molecule has 25 heavy (non-hydrogen) atoms. The fourth-order valence-corrected chi connectivity index (χ4v) is 2.03. The van der Waals surface area contributed by atoms with Crippen molar-refractivity contribution in [2.45, 2.75) is 6.92 Å². The molecule has 0 aromatic heterocycles. The standard InChI is InChI=1S/C14H10N4O7/c1-8-2-3-12(13(4-8)18(24)25)15-14(19)9-5-10(16(20)21)7-11(6-9)17(22)23/h2-7H,1H3,(H,15,19). The van der Waals surface area contributed by atoms with Crippen molar-refractivity contribution in [3.63, 3.8) is 0 Å². The Kier molecular flexibility index (Phi) is 4.68. The molecule has 11 heteroatoms. The molecule has 11 nitrogen and oxygen atoms in total. The fraction of sp³-hybridized carbons (Fsp3) is 0.0714. The van der Waals surface area contributed by atoms with Gasteiger partial charge in [-0.05, 0) is 18.6 Å². The number of rotatable bonds is 5. The van der Waals surface area contributed by atoms with Crippen LogP contribution < -0.4 is 5.32 Å². The van der Waals surface area contributed by atoms with Crippen molar-refractivity contribution in [2.75, 3.05) is 5.32 Å². The lowest BCUT2D eigenvalue weighted by Gasteiger charge is -2.07. The molecule has 0 aliphatic heterocycles. The molecule has 0 radical (unpaired) electrons. The Morgan fingerprint density at radius 1 is 0.880 bits per heavy atom. The molecule has 0 saturated heterocycles. The van der Waals surface area contributed by atoms with Crippen LogP contribution in [0.5, 0.6) is 0 Å². The van der Waals surface area contributed by atoms with Gasteiger partial charge in [0.25, 0.3) is 23.0 Å². The minimum atomic E-state index is -0.946. The van der Waals surface area contributed by atoms with Crippen LogP contribution in [0.15, 0.2) is 36.4 Å². The maximum atomic E-state index is 12.2. The van der Waals surface area contributed by atoms with Crippen LogP contribution in [0.3, 0.4) is 0 Å². The number of benzene rings is 2. The van der Waals surface area contributed by atoms with E-state index in [2.05, 4.69) is 5.32 Å². The summed E-state index contributed by atoms with van der Waals surface area (Å²) in [4.78, 5) is 42.6. The predicted molar refractivity (Wildman–Crippen MR) is 85.5 cm³/mol. The second-order valence-corrected chi connectivity index (χ2v) is 4.98. The lowest BCUT2D eigenvalue weighted by molar-refractivity contribution is -0.394. The second kappa shape index (κ2) is 6.70. The first-order valence-electron chi connectivity index (χ1n) is 6.69. The van der Waals surface area contributed by atoms with Crippen LogP contribution in [-0.4, -0.2) is 20.7 Å². The summed E-state index contributed by atoms with van der Waals surface area (Å²) in [7, 11) is 0. The van der Waals surface area contributed by atoms with Crippen molar-refractivity contribution >= 4 is 28.7 Å². The van der Waals surface area contributed by atoms with Gasteiger partial charge in [-0.3, -0.25) is 35.1 Å². The van der Waals surface area contributed by atoms with Gasteiger partial charge in [-0.15, -0.1) is 0 Å². The summed E-state index contributed by atoms with van der Waals surface area (Å²) in [6.07, 6.45) is 0. The van der Waals surface area contributed by atoms with Gasteiger partial charge in [0.05, 0.1) is 26.4 Å².